The third-order valence-corrected chi connectivity index (χ3v) is 1.56. The van der Waals surface area contributed by atoms with E-state index >= 15 is 0 Å². The molecule has 11 heavy (non-hydrogen) atoms. The molecule has 0 amide bonds. The first-order valence-electron chi connectivity index (χ1n) is 3.29. The highest BCUT2D eigenvalue weighted by atomic mass is 16.3. The number of carbonyl (C=O) groups excluding carboxylic acids is 1. The van der Waals surface area contributed by atoms with E-state index in [0.29, 0.717) is 6.29 Å². The molecule has 0 aromatic heterocycles. The summed E-state index contributed by atoms with van der Waals surface area (Å²) in [4.78, 5) is 10.3. The molecule has 3 heteroatoms. The minimum Gasteiger partial charge on any atom is -0.382 e. The molecular formula is C8H10O3. The van der Waals surface area contributed by atoms with Crippen molar-refractivity contribution in [3.8, 4) is 0 Å². The second-order valence-electron chi connectivity index (χ2n) is 2.90. The SMILES string of the molecule is CC1(O)C=CC(O)(C=O)C=C1. The molecular weight excluding hydrogens is 144 g/mol. The predicted molar refractivity (Wildman–Crippen MR) is 39.9 cm³/mol. The summed E-state index contributed by atoms with van der Waals surface area (Å²) in [6.45, 7) is 1.56. The van der Waals surface area contributed by atoms with E-state index in [1.165, 1.54) is 24.3 Å². The van der Waals surface area contributed by atoms with Gasteiger partial charge in [-0.25, -0.2) is 0 Å². The van der Waals surface area contributed by atoms with Gasteiger partial charge in [0.1, 0.15) is 0 Å². The minimum atomic E-state index is -1.53. The summed E-state index contributed by atoms with van der Waals surface area (Å²) in [7, 11) is 0. The van der Waals surface area contributed by atoms with Crippen LogP contribution in [0.4, 0.5) is 0 Å². The van der Waals surface area contributed by atoms with Crippen LogP contribution < -0.4 is 0 Å². The largest absolute Gasteiger partial charge is 0.382 e. The molecule has 0 spiro atoms. The maximum absolute atomic E-state index is 10.3. The van der Waals surface area contributed by atoms with Gasteiger partial charge in [0.2, 0.25) is 0 Å². The fourth-order valence-corrected chi connectivity index (χ4v) is 0.794. The van der Waals surface area contributed by atoms with E-state index in [1.807, 2.05) is 0 Å². The second kappa shape index (κ2) is 2.29. The molecule has 0 unspecified atom stereocenters. The van der Waals surface area contributed by atoms with Gasteiger partial charge in [0.25, 0.3) is 0 Å². The molecule has 0 heterocycles. The summed E-state index contributed by atoms with van der Waals surface area (Å²) >= 11 is 0. The van der Waals surface area contributed by atoms with Crippen molar-refractivity contribution in [2.75, 3.05) is 0 Å². The van der Waals surface area contributed by atoms with Gasteiger partial charge in [-0.05, 0) is 31.2 Å². The van der Waals surface area contributed by atoms with Crippen LogP contribution in [0.5, 0.6) is 0 Å². The Kier molecular flexibility index (Phi) is 1.70. The minimum absolute atomic E-state index is 0.412. The number of aliphatic hydroxyl groups is 2. The van der Waals surface area contributed by atoms with Crippen LogP contribution in [-0.2, 0) is 4.79 Å². The average Bonchev–Trinajstić information content (AvgIpc) is 1.97. The number of rotatable bonds is 1. The molecule has 0 radical (unpaired) electrons. The van der Waals surface area contributed by atoms with Crippen molar-refractivity contribution < 1.29 is 15.0 Å². The van der Waals surface area contributed by atoms with Crippen LogP contribution in [0.25, 0.3) is 0 Å². The molecule has 3 nitrogen and oxygen atoms in total. The number of hydrogen-bond donors (Lipinski definition) is 2. The smallest absolute Gasteiger partial charge is 0.159 e. The Hall–Kier alpha value is -0.930. The highest BCUT2D eigenvalue weighted by Gasteiger charge is 2.26. The molecule has 0 aliphatic heterocycles. The Balaban J connectivity index is 2.88. The fourth-order valence-electron chi connectivity index (χ4n) is 0.794. The molecule has 1 aliphatic rings. The van der Waals surface area contributed by atoms with Crippen molar-refractivity contribution in [2.45, 2.75) is 18.1 Å². The Labute approximate surface area is 64.7 Å². The monoisotopic (exact) mass is 154 g/mol. The van der Waals surface area contributed by atoms with Crippen molar-refractivity contribution in [1.29, 1.82) is 0 Å². The lowest BCUT2D eigenvalue weighted by Gasteiger charge is -2.23. The van der Waals surface area contributed by atoms with Gasteiger partial charge < -0.3 is 10.2 Å². The van der Waals surface area contributed by atoms with Crippen molar-refractivity contribution in [2.24, 2.45) is 0 Å². The summed E-state index contributed by atoms with van der Waals surface area (Å²) in [5, 5.41) is 18.6. The molecule has 1 rings (SSSR count). The van der Waals surface area contributed by atoms with E-state index in [0.717, 1.165) is 0 Å². The number of aldehydes is 1. The van der Waals surface area contributed by atoms with Gasteiger partial charge >= 0.3 is 0 Å². The lowest BCUT2D eigenvalue weighted by atomic mass is 9.92. The Morgan fingerprint density at radius 1 is 1.18 bits per heavy atom. The maximum atomic E-state index is 10.3. The normalized spacial score (nSPS) is 42.5. The summed E-state index contributed by atoms with van der Waals surface area (Å²) in [5.74, 6) is 0. The molecule has 1 aliphatic carbocycles. The van der Waals surface area contributed by atoms with E-state index in [-0.39, 0.29) is 0 Å². The van der Waals surface area contributed by atoms with E-state index < -0.39 is 11.2 Å². The lowest BCUT2D eigenvalue weighted by Crippen LogP contribution is -2.32. The summed E-state index contributed by atoms with van der Waals surface area (Å²) in [6.07, 6.45) is 5.69. The van der Waals surface area contributed by atoms with Gasteiger partial charge in [0.15, 0.2) is 11.9 Å². The molecule has 0 saturated carbocycles. The van der Waals surface area contributed by atoms with E-state index in [2.05, 4.69) is 0 Å². The molecule has 0 saturated heterocycles. The first-order valence-corrected chi connectivity index (χ1v) is 3.29. The molecule has 0 bridgehead atoms. The molecule has 0 atom stereocenters. The first kappa shape index (κ1) is 8.17. The van der Waals surface area contributed by atoms with Gasteiger partial charge in [-0.1, -0.05) is 0 Å². The topological polar surface area (TPSA) is 57.5 Å². The van der Waals surface area contributed by atoms with E-state index in [9.17, 15) is 15.0 Å². The van der Waals surface area contributed by atoms with Crippen LogP contribution in [0.3, 0.4) is 0 Å². The van der Waals surface area contributed by atoms with Crippen molar-refractivity contribution in [1.82, 2.24) is 0 Å². The summed E-state index contributed by atoms with van der Waals surface area (Å²) in [6, 6.07) is 0. The van der Waals surface area contributed by atoms with E-state index in [4.69, 9.17) is 0 Å². The van der Waals surface area contributed by atoms with Crippen LogP contribution in [0.2, 0.25) is 0 Å². The van der Waals surface area contributed by atoms with Gasteiger partial charge in [0, 0.05) is 0 Å². The van der Waals surface area contributed by atoms with Gasteiger partial charge in [-0.3, -0.25) is 4.79 Å². The van der Waals surface area contributed by atoms with Gasteiger partial charge in [-0.2, -0.15) is 0 Å². The highest BCUT2D eigenvalue weighted by molar-refractivity contribution is 5.70. The number of carbonyl (C=O) groups is 1. The molecule has 60 valence electrons. The zero-order valence-electron chi connectivity index (χ0n) is 6.19. The molecule has 0 aromatic rings. The van der Waals surface area contributed by atoms with E-state index in [1.54, 1.807) is 6.92 Å². The Morgan fingerprint density at radius 3 is 2.00 bits per heavy atom. The maximum Gasteiger partial charge on any atom is 0.159 e. The van der Waals surface area contributed by atoms with Crippen molar-refractivity contribution >= 4 is 6.29 Å². The van der Waals surface area contributed by atoms with Crippen LogP contribution >= 0.6 is 0 Å². The molecule has 0 aromatic carbocycles. The third kappa shape index (κ3) is 1.76. The first-order chi connectivity index (χ1) is 4.97. The fraction of sp³-hybridized carbons (Fsp3) is 0.375. The highest BCUT2D eigenvalue weighted by Crippen LogP contribution is 2.19. The van der Waals surface area contributed by atoms with Gasteiger partial charge in [0.05, 0.1) is 5.60 Å². The average molecular weight is 154 g/mol. The van der Waals surface area contributed by atoms with Crippen LogP contribution in [0, 0.1) is 0 Å². The van der Waals surface area contributed by atoms with Crippen LogP contribution in [-0.4, -0.2) is 27.7 Å². The predicted octanol–water partition coefficient (Wildman–Crippen LogP) is -0.207. The summed E-state index contributed by atoms with van der Waals surface area (Å²) < 4.78 is 0. The van der Waals surface area contributed by atoms with Crippen LogP contribution in [0.15, 0.2) is 24.3 Å². The zero-order chi connectivity index (χ0) is 8.54. The van der Waals surface area contributed by atoms with Crippen molar-refractivity contribution in [3.63, 3.8) is 0 Å². The quantitative estimate of drug-likeness (QED) is 0.406. The Morgan fingerprint density at radius 2 is 1.64 bits per heavy atom. The van der Waals surface area contributed by atoms with Crippen LogP contribution in [0.1, 0.15) is 6.92 Å². The molecule has 2 N–H and O–H groups in total. The van der Waals surface area contributed by atoms with Crippen molar-refractivity contribution in [3.05, 3.63) is 24.3 Å². The summed E-state index contributed by atoms with van der Waals surface area (Å²) in [5.41, 5.74) is -2.57. The standard InChI is InChI=1S/C8H10O3/c1-7(10)2-4-8(11,6-9)5-3-7/h2-6,10-11H,1H3. The second-order valence-corrected chi connectivity index (χ2v) is 2.90. The molecule has 0 fully saturated rings. The lowest BCUT2D eigenvalue weighted by molar-refractivity contribution is -0.117. The van der Waals surface area contributed by atoms with Gasteiger partial charge in [-0.15, -0.1) is 0 Å². The Bertz CT molecular complexity index is 209. The number of hydrogen-bond acceptors (Lipinski definition) is 3. The third-order valence-electron chi connectivity index (χ3n) is 1.56. The zero-order valence-corrected chi connectivity index (χ0v) is 6.19.